The van der Waals surface area contributed by atoms with Crippen molar-refractivity contribution in [2.24, 2.45) is 0 Å². The van der Waals surface area contributed by atoms with Crippen LogP contribution in [0, 0.1) is 0 Å². The maximum atomic E-state index is 5.86. The zero-order valence-corrected chi connectivity index (χ0v) is 11.0. The van der Waals surface area contributed by atoms with Crippen LogP contribution in [0.25, 0.3) is 10.9 Å². The fourth-order valence-electron chi connectivity index (χ4n) is 1.54. The molecule has 0 unspecified atom stereocenters. The minimum atomic E-state index is 0.501. The molecule has 0 saturated heterocycles. The summed E-state index contributed by atoms with van der Waals surface area (Å²) < 4.78 is 5.45. The fourth-order valence-corrected chi connectivity index (χ4v) is 1.93. The van der Waals surface area contributed by atoms with Crippen molar-refractivity contribution in [3.05, 3.63) is 35.9 Å². The second-order valence-corrected chi connectivity index (χ2v) is 4.36. The number of alkyl halides is 2. The minimum absolute atomic E-state index is 0.501. The lowest BCUT2D eigenvalue weighted by Crippen LogP contribution is -1.99. The molecule has 2 rings (SSSR count). The molecule has 0 spiro atoms. The van der Waals surface area contributed by atoms with E-state index in [0.29, 0.717) is 18.4 Å². The molecular weight excluding hydrogens is 289 g/mol. The highest BCUT2D eigenvalue weighted by Gasteiger charge is 2.02. The van der Waals surface area contributed by atoms with E-state index in [1.54, 1.807) is 0 Å². The topological polar surface area (TPSA) is 22.1 Å². The number of pyridine rings is 1. The van der Waals surface area contributed by atoms with Crippen LogP contribution in [0.2, 0.25) is 0 Å². The monoisotopic (exact) mass is 299 g/mol. The summed E-state index contributed by atoms with van der Waals surface area (Å²) in [5.74, 6) is 1.15. The van der Waals surface area contributed by atoms with Gasteiger partial charge in [-0.25, -0.2) is 4.98 Å². The van der Waals surface area contributed by atoms with Gasteiger partial charge in [-0.05, 0) is 17.7 Å². The van der Waals surface area contributed by atoms with Gasteiger partial charge >= 0.3 is 0 Å². The van der Waals surface area contributed by atoms with Crippen LogP contribution < -0.4 is 4.74 Å². The van der Waals surface area contributed by atoms with Gasteiger partial charge in [-0.1, -0.05) is 28.1 Å². The number of aromatic nitrogens is 1. The van der Waals surface area contributed by atoms with Gasteiger partial charge in [0.1, 0.15) is 0 Å². The molecule has 0 bridgehead atoms. The van der Waals surface area contributed by atoms with E-state index in [0.717, 1.165) is 21.8 Å². The van der Waals surface area contributed by atoms with E-state index in [9.17, 15) is 0 Å². The zero-order valence-electron chi connectivity index (χ0n) is 8.62. The summed E-state index contributed by atoms with van der Waals surface area (Å²) in [5, 5.41) is 1.89. The predicted molar refractivity (Wildman–Crippen MR) is 70.6 cm³/mol. The Morgan fingerprint density at radius 1 is 1.25 bits per heavy atom. The molecule has 0 amide bonds. The molecule has 16 heavy (non-hydrogen) atoms. The van der Waals surface area contributed by atoms with Crippen LogP contribution in [-0.2, 0) is 5.88 Å². The maximum Gasteiger partial charge on any atom is 0.213 e. The highest BCUT2D eigenvalue weighted by Crippen LogP contribution is 2.21. The predicted octanol–water partition coefficient (Wildman–Crippen LogP) is 3.75. The van der Waals surface area contributed by atoms with Crippen molar-refractivity contribution in [3.8, 4) is 5.88 Å². The summed E-state index contributed by atoms with van der Waals surface area (Å²) in [4.78, 5) is 4.42. The Hall–Kier alpha value is -0.800. The highest BCUT2D eigenvalue weighted by molar-refractivity contribution is 9.09. The van der Waals surface area contributed by atoms with Crippen molar-refractivity contribution in [2.45, 2.75) is 5.88 Å². The van der Waals surface area contributed by atoms with E-state index in [-0.39, 0.29) is 0 Å². The first-order valence-electron chi connectivity index (χ1n) is 4.98. The molecule has 2 aromatic rings. The van der Waals surface area contributed by atoms with E-state index in [1.165, 1.54) is 0 Å². The van der Waals surface area contributed by atoms with Crippen molar-refractivity contribution in [3.63, 3.8) is 0 Å². The number of benzene rings is 1. The Balaban J connectivity index is 2.39. The summed E-state index contributed by atoms with van der Waals surface area (Å²) in [7, 11) is 0. The first-order chi connectivity index (χ1) is 7.85. The second kappa shape index (κ2) is 5.51. The lowest BCUT2D eigenvalue weighted by Gasteiger charge is -2.06. The summed E-state index contributed by atoms with van der Waals surface area (Å²) in [6, 6.07) is 9.81. The molecule has 1 aromatic carbocycles. The van der Waals surface area contributed by atoms with Crippen LogP contribution in [0.15, 0.2) is 30.3 Å². The second-order valence-electron chi connectivity index (χ2n) is 3.30. The van der Waals surface area contributed by atoms with Gasteiger partial charge in [-0.2, -0.15) is 0 Å². The first-order valence-corrected chi connectivity index (χ1v) is 6.64. The average Bonchev–Trinajstić information content (AvgIpc) is 2.35. The normalized spacial score (nSPS) is 10.6. The number of ether oxygens (including phenoxy) is 1. The van der Waals surface area contributed by atoms with Gasteiger partial charge in [0.05, 0.1) is 12.1 Å². The smallest absolute Gasteiger partial charge is 0.213 e. The van der Waals surface area contributed by atoms with Gasteiger partial charge in [0.25, 0.3) is 0 Å². The largest absolute Gasteiger partial charge is 0.477 e. The SMILES string of the molecule is ClCc1cccc2nc(OCCBr)ccc12. The third-order valence-electron chi connectivity index (χ3n) is 2.27. The third-order valence-corrected chi connectivity index (χ3v) is 2.88. The van der Waals surface area contributed by atoms with Crippen molar-refractivity contribution in [2.75, 3.05) is 11.9 Å². The Kier molecular flexibility index (Phi) is 4.02. The molecule has 0 fully saturated rings. The van der Waals surface area contributed by atoms with Crippen LogP contribution in [-0.4, -0.2) is 16.9 Å². The summed E-state index contributed by atoms with van der Waals surface area (Å²) in [5.41, 5.74) is 2.02. The van der Waals surface area contributed by atoms with E-state index in [2.05, 4.69) is 20.9 Å². The van der Waals surface area contributed by atoms with Crippen LogP contribution in [0.1, 0.15) is 5.56 Å². The van der Waals surface area contributed by atoms with Gasteiger partial charge in [0.2, 0.25) is 5.88 Å². The number of fused-ring (bicyclic) bond motifs is 1. The standard InChI is InChI=1S/C12H11BrClNO/c13-6-7-16-12-5-4-10-9(8-14)2-1-3-11(10)15-12/h1-5H,6-8H2. The summed E-state index contributed by atoms with van der Waals surface area (Å²) >= 11 is 9.17. The molecule has 0 aliphatic heterocycles. The molecule has 0 N–H and O–H groups in total. The summed E-state index contributed by atoms with van der Waals surface area (Å²) in [6.45, 7) is 0.619. The van der Waals surface area contributed by atoms with E-state index in [1.807, 2.05) is 30.3 Å². The molecule has 0 aliphatic rings. The van der Waals surface area contributed by atoms with Gasteiger partial charge in [-0.15, -0.1) is 11.6 Å². The molecule has 0 atom stereocenters. The Labute approximate surface area is 108 Å². The molecule has 0 radical (unpaired) electrons. The van der Waals surface area contributed by atoms with Crippen molar-refractivity contribution < 1.29 is 4.74 Å². The molecule has 0 aliphatic carbocycles. The summed E-state index contributed by atoms with van der Waals surface area (Å²) in [6.07, 6.45) is 0. The Morgan fingerprint density at radius 3 is 2.88 bits per heavy atom. The average molecular weight is 301 g/mol. The third kappa shape index (κ3) is 2.47. The van der Waals surface area contributed by atoms with Gasteiger partial charge < -0.3 is 4.74 Å². The molecule has 84 valence electrons. The molecule has 0 saturated carbocycles. The molecule has 1 aromatic heterocycles. The van der Waals surface area contributed by atoms with Crippen molar-refractivity contribution in [1.82, 2.24) is 4.98 Å². The van der Waals surface area contributed by atoms with E-state index in [4.69, 9.17) is 16.3 Å². The molecule has 2 nitrogen and oxygen atoms in total. The van der Waals surface area contributed by atoms with Crippen LogP contribution in [0.4, 0.5) is 0 Å². The zero-order chi connectivity index (χ0) is 11.4. The van der Waals surface area contributed by atoms with Gasteiger partial charge in [-0.3, -0.25) is 0 Å². The molecule has 4 heteroatoms. The number of rotatable bonds is 4. The lowest BCUT2D eigenvalue weighted by molar-refractivity contribution is 0.333. The molecule has 1 heterocycles. The van der Waals surface area contributed by atoms with Crippen molar-refractivity contribution in [1.29, 1.82) is 0 Å². The quantitative estimate of drug-likeness (QED) is 0.802. The van der Waals surface area contributed by atoms with Crippen LogP contribution in [0.3, 0.4) is 0 Å². The van der Waals surface area contributed by atoms with Crippen molar-refractivity contribution >= 4 is 38.4 Å². The first kappa shape index (κ1) is 11.7. The molecular formula is C12H11BrClNO. The maximum absolute atomic E-state index is 5.86. The minimum Gasteiger partial charge on any atom is -0.477 e. The fraction of sp³-hybridized carbons (Fsp3) is 0.250. The van der Waals surface area contributed by atoms with E-state index < -0.39 is 0 Å². The Bertz CT molecular complexity index is 489. The number of hydrogen-bond acceptors (Lipinski definition) is 2. The number of halogens is 2. The van der Waals surface area contributed by atoms with Crippen LogP contribution >= 0.6 is 27.5 Å². The van der Waals surface area contributed by atoms with Gasteiger partial charge in [0, 0.05) is 22.7 Å². The number of nitrogens with zero attached hydrogens (tertiary/aromatic N) is 1. The highest BCUT2D eigenvalue weighted by atomic mass is 79.9. The van der Waals surface area contributed by atoms with Crippen LogP contribution in [0.5, 0.6) is 5.88 Å². The number of hydrogen-bond donors (Lipinski definition) is 0. The van der Waals surface area contributed by atoms with E-state index >= 15 is 0 Å². The Morgan fingerprint density at radius 2 is 2.12 bits per heavy atom. The lowest BCUT2D eigenvalue weighted by atomic mass is 10.1. The van der Waals surface area contributed by atoms with Gasteiger partial charge in [0.15, 0.2) is 0 Å².